The zero-order valence-corrected chi connectivity index (χ0v) is 10.5. The van der Waals surface area contributed by atoms with E-state index in [0.29, 0.717) is 17.7 Å². The highest BCUT2D eigenvalue weighted by Crippen LogP contribution is 2.37. The molecule has 0 amide bonds. The molecule has 0 aromatic heterocycles. The molecule has 0 heterocycles. The van der Waals surface area contributed by atoms with E-state index in [9.17, 15) is 31.1 Å². The van der Waals surface area contributed by atoms with Gasteiger partial charge < -0.3 is 0 Å². The van der Waals surface area contributed by atoms with E-state index in [0.717, 1.165) is 6.08 Å². The largest absolute Gasteiger partial charge is 0.417 e. The van der Waals surface area contributed by atoms with Crippen LogP contribution in [0.25, 0.3) is 0 Å². The minimum Gasteiger partial charge on any atom is -0.289 e. The molecule has 20 heavy (non-hydrogen) atoms. The van der Waals surface area contributed by atoms with Crippen molar-refractivity contribution < 1.29 is 31.1 Å². The predicted octanol–water partition coefficient (Wildman–Crippen LogP) is 4.87. The van der Waals surface area contributed by atoms with Gasteiger partial charge in [0.25, 0.3) is 0 Å². The first-order valence-corrected chi connectivity index (χ1v) is 5.40. The summed E-state index contributed by atoms with van der Waals surface area (Å²) in [5, 5.41) is 0. The third kappa shape index (κ3) is 3.85. The maximum atomic E-state index is 12.8. The highest BCUT2D eigenvalue weighted by molar-refractivity contribution is 6.06. The van der Waals surface area contributed by atoms with Crippen molar-refractivity contribution in [2.75, 3.05) is 0 Å². The van der Waals surface area contributed by atoms with Gasteiger partial charge in [0.05, 0.1) is 11.1 Å². The van der Waals surface area contributed by atoms with E-state index in [1.807, 2.05) is 0 Å². The second-order valence-electron chi connectivity index (χ2n) is 4.34. The van der Waals surface area contributed by atoms with Gasteiger partial charge >= 0.3 is 12.4 Å². The smallest absolute Gasteiger partial charge is 0.289 e. The number of hydrogen-bond donors (Lipinski definition) is 0. The number of alkyl halides is 6. The summed E-state index contributed by atoms with van der Waals surface area (Å²) in [4.78, 5) is 11.6. The molecule has 0 saturated carbocycles. The van der Waals surface area contributed by atoms with Crippen LogP contribution in [0.2, 0.25) is 0 Å². The summed E-state index contributed by atoms with van der Waals surface area (Å²) in [5.41, 5.74) is -3.39. The van der Waals surface area contributed by atoms with E-state index in [4.69, 9.17) is 0 Å². The lowest BCUT2D eigenvalue weighted by atomic mass is 9.99. The molecule has 0 unspecified atom stereocenters. The first-order valence-electron chi connectivity index (χ1n) is 5.40. The topological polar surface area (TPSA) is 17.1 Å². The summed E-state index contributed by atoms with van der Waals surface area (Å²) >= 11 is 0. The zero-order valence-electron chi connectivity index (χ0n) is 10.5. The molecule has 0 aliphatic rings. The third-order valence-electron chi connectivity index (χ3n) is 2.34. The Bertz CT molecular complexity index is 547. The van der Waals surface area contributed by atoms with E-state index in [1.54, 1.807) is 0 Å². The maximum Gasteiger partial charge on any atom is 0.417 e. The number of allylic oxidation sites excluding steroid dienone is 2. The van der Waals surface area contributed by atoms with E-state index < -0.39 is 34.8 Å². The molecule has 1 rings (SSSR count). The van der Waals surface area contributed by atoms with Gasteiger partial charge in [0.1, 0.15) is 0 Å². The van der Waals surface area contributed by atoms with Gasteiger partial charge in [-0.1, -0.05) is 5.57 Å². The van der Waals surface area contributed by atoms with Crippen LogP contribution in [0.4, 0.5) is 26.3 Å². The third-order valence-corrected chi connectivity index (χ3v) is 2.34. The summed E-state index contributed by atoms with van der Waals surface area (Å²) in [6, 6.07) is 0.959. The Labute approximate surface area is 110 Å². The van der Waals surface area contributed by atoms with Gasteiger partial charge in [0, 0.05) is 5.56 Å². The summed E-state index contributed by atoms with van der Waals surface area (Å²) < 4.78 is 75.6. The number of carbonyl (C=O) groups excluding carboxylic acids is 1. The summed E-state index contributed by atoms with van der Waals surface area (Å²) in [6.07, 6.45) is -9.00. The van der Waals surface area contributed by atoms with Crippen molar-refractivity contribution in [2.45, 2.75) is 26.2 Å². The lowest BCUT2D eigenvalue weighted by Crippen LogP contribution is -2.15. The lowest BCUT2D eigenvalue weighted by Gasteiger charge is -2.14. The van der Waals surface area contributed by atoms with Gasteiger partial charge in [0.2, 0.25) is 0 Å². The van der Waals surface area contributed by atoms with Crippen LogP contribution < -0.4 is 0 Å². The summed E-state index contributed by atoms with van der Waals surface area (Å²) in [7, 11) is 0. The van der Waals surface area contributed by atoms with Crippen LogP contribution in [-0.2, 0) is 12.4 Å². The number of halogens is 6. The molecule has 0 N–H and O–H groups in total. The molecular weight excluding hydrogens is 286 g/mol. The fraction of sp³-hybridized carbons (Fsp3) is 0.308. The van der Waals surface area contributed by atoms with Crippen LogP contribution >= 0.6 is 0 Å². The molecule has 0 saturated heterocycles. The molecule has 0 bridgehead atoms. The van der Waals surface area contributed by atoms with Gasteiger partial charge in [-0.25, -0.2) is 0 Å². The van der Waals surface area contributed by atoms with E-state index in [2.05, 4.69) is 0 Å². The second-order valence-corrected chi connectivity index (χ2v) is 4.34. The van der Waals surface area contributed by atoms with E-state index in [1.165, 1.54) is 13.8 Å². The van der Waals surface area contributed by atoms with Gasteiger partial charge in [0.15, 0.2) is 5.78 Å². The number of rotatable bonds is 2. The average Bonchev–Trinajstić information content (AvgIpc) is 2.24. The molecule has 0 spiro atoms. The number of benzene rings is 1. The van der Waals surface area contributed by atoms with Crippen molar-refractivity contribution in [3.05, 3.63) is 46.5 Å². The van der Waals surface area contributed by atoms with E-state index >= 15 is 0 Å². The molecule has 1 aromatic carbocycles. The molecule has 7 heteroatoms. The Morgan fingerprint density at radius 1 is 1.00 bits per heavy atom. The van der Waals surface area contributed by atoms with E-state index in [-0.39, 0.29) is 6.07 Å². The first kappa shape index (κ1) is 16.3. The van der Waals surface area contributed by atoms with Crippen LogP contribution in [0.5, 0.6) is 0 Å². The normalized spacial score (nSPS) is 12.2. The zero-order chi connectivity index (χ0) is 15.7. The number of hydrogen-bond acceptors (Lipinski definition) is 1. The van der Waals surface area contributed by atoms with Crippen LogP contribution in [0, 0.1) is 0 Å². The molecule has 0 radical (unpaired) electrons. The molecule has 0 fully saturated rings. The SMILES string of the molecule is CC(C)=CC(=O)c1ccc(C(F)(F)F)cc1C(F)(F)F. The van der Waals surface area contributed by atoms with Gasteiger partial charge in [-0.05, 0) is 38.1 Å². The lowest BCUT2D eigenvalue weighted by molar-refractivity contribution is -0.143. The van der Waals surface area contributed by atoms with Crippen molar-refractivity contribution >= 4 is 5.78 Å². The monoisotopic (exact) mass is 296 g/mol. The first-order chi connectivity index (χ1) is 8.93. The maximum absolute atomic E-state index is 12.8. The standard InChI is InChI=1S/C13H10F6O/c1-7(2)5-11(20)9-4-3-8(12(14,15)16)6-10(9)13(17,18)19/h3-6H,1-2H3. The summed E-state index contributed by atoms with van der Waals surface area (Å²) in [5.74, 6) is -0.981. The summed E-state index contributed by atoms with van der Waals surface area (Å²) in [6.45, 7) is 2.99. The quantitative estimate of drug-likeness (QED) is 0.432. The molecule has 0 aliphatic carbocycles. The fourth-order valence-corrected chi connectivity index (χ4v) is 1.51. The van der Waals surface area contributed by atoms with Gasteiger partial charge in [-0.2, -0.15) is 26.3 Å². The second kappa shape index (κ2) is 5.30. The van der Waals surface area contributed by atoms with Crippen molar-refractivity contribution in [3.8, 4) is 0 Å². The van der Waals surface area contributed by atoms with Crippen LogP contribution in [0.15, 0.2) is 29.8 Å². The minimum absolute atomic E-state index is 0.0495. The fourth-order valence-electron chi connectivity index (χ4n) is 1.51. The van der Waals surface area contributed by atoms with Crippen LogP contribution in [0.1, 0.15) is 35.3 Å². The predicted molar refractivity (Wildman–Crippen MR) is 60.2 cm³/mol. The van der Waals surface area contributed by atoms with Gasteiger partial charge in [-0.3, -0.25) is 4.79 Å². The Morgan fingerprint density at radius 2 is 1.55 bits per heavy atom. The van der Waals surface area contributed by atoms with Gasteiger partial charge in [-0.15, -0.1) is 0 Å². The number of carbonyl (C=O) groups is 1. The molecular formula is C13H10F6O. The molecule has 1 nitrogen and oxygen atoms in total. The minimum atomic E-state index is -5.04. The van der Waals surface area contributed by atoms with Crippen LogP contribution in [0.3, 0.4) is 0 Å². The van der Waals surface area contributed by atoms with Crippen molar-refractivity contribution in [3.63, 3.8) is 0 Å². The van der Waals surface area contributed by atoms with Crippen molar-refractivity contribution in [1.82, 2.24) is 0 Å². The Kier molecular flexibility index (Phi) is 4.31. The Hall–Kier alpha value is -1.79. The molecule has 0 atom stereocenters. The Balaban J connectivity index is 3.47. The van der Waals surface area contributed by atoms with Crippen molar-refractivity contribution in [1.29, 1.82) is 0 Å². The number of ketones is 1. The highest BCUT2D eigenvalue weighted by Gasteiger charge is 2.39. The van der Waals surface area contributed by atoms with Crippen molar-refractivity contribution in [2.24, 2.45) is 0 Å². The Morgan fingerprint density at radius 3 is 1.95 bits per heavy atom. The average molecular weight is 296 g/mol. The van der Waals surface area contributed by atoms with Crippen LogP contribution in [-0.4, -0.2) is 5.78 Å². The molecule has 110 valence electrons. The highest BCUT2D eigenvalue weighted by atomic mass is 19.4. The molecule has 0 aliphatic heterocycles. The molecule has 1 aromatic rings.